The third kappa shape index (κ3) is 3.31. The number of rotatable bonds is 3. The van der Waals surface area contributed by atoms with Gasteiger partial charge in [-0.25, -0.2) is 0 Å². The second kappa shape index (κ2) is 7.83. The van der Waals surface area contributed by atoms with E-state index in [4.69, 9.17) is 0 Å². The molecule has 1 heterocycles. The Kier molecular flexibility index (Phi) is 5.77. The molecular formula is C22H24FeP-. The van der Waals surface area contributed by atoms with Crippen molar-refractivity contribution in [2.75, 3.05) is 6.16 Å². The standard InChI is InChI=1S/C22H24P.Fe/c1-3-11-21(12-4-1)23(17-7-2-8-18-23)22-15-13-20(14-16-22)19-9-5-6-10-19;/h1,3-5,9-17,23H,2,6-8,18H2;/q-1;. The number of hydrogen-bond acceptors (Lipinski definition) is 0. The van der Waals surface area contributed by atoms with Crippen molar-refractivity contribution >= 4 is 23.4 Å². The van der Waals surface area contributed by atoms with Crippen LogP contribution in [0.1, 0.15) is 31.2 Å². The van der Waals surface area contributed by atoms with Gasteiger partial charge in [0.25, 0.3) is 0 Å². The largest absolute Gasteiger partial charge is 0 e. The van der Waals surface area contributed by atoms with Crippen LogP contribution in [0.2, 0.25) is 0 Å². The topological polar surface area (TPSA) is 0 Å². The Morgan fingerprint density at radius 1 is 0.833 bits per heavy atom. The van der Waals surface area contributed by atoms with Crippen molar-refractivity contribution in [2.45, 2.75) is 25.7 Å². The zero-order valence-corrected chi connectivity index (χ0v) is 16.0. The molecule has 2 aromatic carbocycles. The smallest absolute Gasteiger partial charge is 0 e. The van der Waals surface area contributed by atoms with Crippen LogP contribution in [0.15, 0.2) is 72.8 Å². The summed E-state index contributed by atoms with van der Waals surface area (Å²) in [4.78, 5) is 0. The van der Waals surface area contributed by atoms with Crippen molar-refractivity contribution in [3.05, 3.63) is 84.6 Å². The molecule has 0 radical (unpaired) electrons. The summed E-state index contributed by atoms with van der Waals surface area (Å²) < 4.78 is 0. The third-order valence-electron chi connectivity index (χ3n) is 5.31. The van der Waals surface area contributed by atoms with E-state index in [1.54, 1.807) is 10.6 Å². The van der Waals surface area contributed by atoms with Crippen molar-refractivity contribution in [3.8, 4) is 0 Å². The number of hydrogen-bond donors (Lipinski definition) is 0. The normalized spacial score (nSPS) is 20.1. The maximum atomic E-state index is 2.69. The van der Waals surface area contributed by atoms with Gasteiger partial charge < -0.3 is 0 Å². The maximum absolute atomic E-state index is 2.69. The molecule has 4 rings (SSSR count). The van der Waals surface area contributed by atoms with E-state index in [0.29, 0.717) is 0 Å². The summed E-state index contributed by atoms with van der Waals surface area (Å²) in [6, 6.07) is 20.7. The fourth-order valence-corrected chi connectivity index (χ4v) is 8.70. The monoisotopic (exact) mass is 375 g/mol. The Hall–Kier alpha value is -1.13. The van der Waals surface area contributed by atoms with E-state index in [0.717, 1.165) is 6.42 Å². The quantitative estimate of drug-likeness (QED) is 0.399. The van der Waals surface area contributed by atoms with Gasteiger partial charge in [-0.3, -0.25) is 0 Å². The minimum absolute atomic E-state index is 0. The van der Waals surface area contributed by atoms with Gasteiger partial charge in [0.2, 0.25) is 0 Å². The fraction of sp³-hybridized carbons (Fsp3) is 0.227. The molecule has 2 heteroatoms. The molecule has 0 amide bonds. The molecule has 0 saturated carbocycles. The summed E-state index contributed by atoms with van der Waals surface area (Å²) in [5.41, 5.74) is 2.73. The summed E-state index contributed by atoms with van der Waals surface area (Å²) >= 11 is 0. The van der Waals surface area contributed by atoms with Crippen LogP contribution in [0, 0.1) is 6.16 Å². The molecule has 0 unspecified atom stereocenters. The molecule has 2 aromatic rings. The molecule has 1 fully saturated rings. The van der Waals surface area contributed by atoms with Gasteiger partial charge in [-0.1, -0.05) is 0 Å². The van der Waals surface area contributed by atoms with Gasteiger partial charge in [-0.05, 0) is 0 Å². The number of allylic oxidation sites excluding steroid dienone is 4. The van der Waals surface area contributed by atoms with Gasteiger partial charge in [-0.15, -0.1) is 0 Å². The van der Waals surface area contributed by atoms with Gasteiger partial charge in [0.05, 0.1) is 0 Å². The summed E-state index contributed by atoms with van der Waals surface area (Å²) in [6.45, 7) is 0. The van der Waals surface area contributed by atoms with E-state index in [1.807, 2.05) is 0 Å². The van der Waals surface area contributed by atoms with Gasteiger partial charge in [-0.2, -0.15) is 0 Å². The van der Waals surface area contributed by atoms with Crippen molar-refractivity contribution in [1.82, 2.24) is 0 Å². The molecule has 1 aliphatic carbocycles. The Labute approximate surface area is 156 Å². The molecule has 0 atom stereocenters. The zero-order chi connectivity index (χ0) is 15.5. The predicted octanol–water partition coefficient (Wildman–Crippen LogP) is 5.07. The van der Waals surface area contributed by atoms with Gasteiger partial charge in [0, 0.05) is 17.1 Å². The van der Waals surface area contributed by atoms with E-state index in [2.05, 4.69) is 79.0 Å². The van der Waals surface area contributed by atoms with Crippen LogP contribution in [0.25, 0.3) is 5.57 Å². The Morgan fingerprint density at radius 3 is 2.21 bits per heavy atom. The van der Waals surface area contributed by atoms with Gasteiger partial charge in [0.15, 0.2) is 0 Å². The minimum atomic E-state index is -1.66. The van der Waals surface area contributed by atoms with Gasteiger partial charge in [0.1, 0.15) is 0 Å². The molecule has 0 spiro atoms. The van der Waals surface area contributed by atoms with Crippen molar-refractivity contribution in [3.63, 3.8) is 0 Å². The summed E-state index contributed by atoms with van der Waals surface area (Å²) in [6.07, 6.45) is 15.9. The van der Waals surface area contributed by atoms with E-state index in [1.165, 1.54) is 36.6 Å². The SMILES string of the molecule is C1=CC(c2ccc([PH]3(c4ccccc4)[CH-]CCCC3)cc2)=CC1.[Fe]. The molecule has 1 saturated heterocycles. The first-order valence-electron chi connectivity index (χ1n) is 8.76. The number of benzene rings is 2. The van der Waals surface area contributed by atoms with Crippen LogP contribution in [0.3, 0.4) is 0 Å². The minimum Gasteiger partial charge on any atom is 0 e. The summed E-state index contributed by atoms with van der Waals surface area (Å²) in [5, 5.41) is 3.15. The fourth-order valence-electron chi connectivity index (χ4n) is 4.06. The predicted molar refractivity (Wildman–Crippen MR) is 105 cm³/mol. The molecule has 24 heavy (non-hydrogen) atoms. The third-order valence-corrected chi connectivity index (χ3v) is 10.2. The van der Waals surface area contributed by atoms with Crippen LogP contribution in [-0.2, 0) is 17.1 Å². The van der Waals surface area contributed by atoms with E-state index >= 15 is 0 Å². The molecule has 2 aliphatic rings. The van der Waals surface area contributed by atoms with Crippen LogP contribution in [0.4, 0.5) is 0 Å². The van der Waals surface area contributed by atoms with Crippen LogP contribution < -0.4 is 10.6 Å². The van der Waals surface area contributed by atoms with Crippen LogP contribution in [0.5, 0.6) is 0 Å². The average Bonchev–Trinajstić information content (AvgIpc) is 3.18. The van der Waals surface area contributed by atoms with Gasteiger partial charge >= 0.3 is 140 Å². The Bertz CT molecular complexity index is 722. The Balaban J connectivity index is 0.00000169. The molecule has 126 valence electrons. The maximum Gasteiger partial charge on any atom is 0 e. The molecule has 1 aliphatic heterocycles. The molecular weight excluding hydrogens is 351 g/mol. The van der Waals surface area contributed by atoms with Crippen LogP contribution >= 0.6 is 7.26 Å². The van der Waals surface area contributed by atoms with E-state index in [9.17, 15) is 0 Å². The van der Waals surface area contributed by atoms with Crippen molar-refractivity contribution in [1.29, 1.82) is 0 Å². The van der Waals surface area contributed by atoms with Crippen molar-refractivity contribution in [2.24, 2.45) is 0 Å². The average molecular weight is 375 g/mol. The molecule has 0 aromatic heterocycles. The first-order valence-corrected chi connectivity index (χ1v) is 11.0. The summed E-state index contributed by atoms with van der Waals surface area (Å²) in [5.74, 6) is 0. The molecule has 0 bridgehead atoms. The van der Waals surface area contributed by atoms with E-state index in [-0.39, 0.29) is 17.1 Å². The molecule has 0 nitrogen and oxygen atoms in total. The van der Waals surface area contributed by atoms with Crippen molar-refractivity contribution < 1.29 is 17.1 Å². The second-order valence-corrected chi connectivity index (χ2v) is 10.7. The Morgan fingerprint density at radius 2 is 1.58 bits per heavy atom. The first kappa shape index (κ1) is 17.7. The zero-order valence-electron chi connectivity index (χ0n) is 13.9. The van der Waals surface area contributed by atoms with E-state index < -0.39 is 7.26 Å². The second-order valence-electron chi connectivity index (χ2n) is 6.66. The first-order chi connectivity index (χ1) is 11.4. The molecule has 0 N–H and O–H groups in total. The van der Waals surface area contributed by atoms with Crippen LogP contribution in [-0.4, -0.2) is 6.16 Å². The summed E-state index contributed by atoms with van der Waals surface area (Å²) in [7, 11) is -1.66.